The normalized spacial score (nSPS) is 12.8. The van der Waals surface area contributed by atoms with Crippen LogP contribution in [-0.4, -0.2) is 12.4 Å². The summed E-state index contributed by atoms with van der Waals surface area (Å²) in [5.41, 5.74) is 2.25. The zero-order chi connectivity index (χ0) is 14.4. The molecule has 108 valence electrons. The first kappa shape index (κ1) is 16.7. The van der Waals surface area contributed by atoms with Crippen LogP contribution in [0.2, 0.25) is 5.02 Å². The number of benzene rings is 1. The lowest BCUT2D eigenvalue weighted by atomic mass is 10.0. The summed E-state index contributed by atoms with van der Waals surface area (Å²) >= 11 is 10.7. The smallest absolute Gasteiger partial charge is 0.122 e. The van der Waals surface area contributed by atoms with Gasteiger partial charge in [0.2, 0.25) is 0 Å². The number of hydrogen-bond acceptors (Lipinski definition) is 2. The third kappa shape index (κ3) is 4.92. The highest BCUT2D eigenvalue weighted by atomic mass is 35.5. The Morgan fingerprint density at radius 3 is 2.53 bits per heavy atom. The fourth-order valence-corrected chi connectivity index (χ4v) is 2.83. The molecule has 0 N–H and O–H groups in total. The maximum atomic E-state index is 6.27. The summed E-state index contributed by atoms with van der Waals surface area (Å²) in [5.74, 6) is 2.76. The van der Waals surface area contributed by atoms with E-state index < -0.39 is 0 Å². The molecule has 1 atom stereocenters. The molecule has 1 aromatic rings. The van der Waals surface area contributed by atoms with E-state index in [2.05, 4.69) is 39.5 Å². The Morgan fingerprint density at radius 2 is 2.00 bits per heavy atom. The number of rotatable bonds is 7. The summed E-state index contributed by atoms with van der Waals surface area (Å²) in [6.45, 7) is 9.26. The first-order chi connectivity index (χ1) is 8.99. The van der Waals surface area contributed by atoms with Crippen molar-refractivity contribution in [2.45, 2.75) is 46.5 Å². The van der Waals surface area contributed by atoms with E-state index in [0.717, 1.165) is 40.7 Å². The first-order valence-electron chi connectivity index (χ1n) is 7.03. The second-order valence-corrected chi connectivity index (χ2v) is 6.21. The average molecular weight is 301 g/mol. The quantitative estimate of drug-likeness (QED) is 0.654. The van der Waals surface area contributed by atoms with Crippen molar-refractivity contribution in [1.29, 1.82) is 0 Å². The van der Waals surface area contributed by atoms with Crippen LogP contribution in [0.4, 0.5) is 0 Å². The highest BCUT2D eigenvalue weighted by molar-refractivity contribution is 7.80. The molecule has 0 aromatic heterocycles. The van der Waals surface area contributed by atoms with Gasteiger partial charge in [-0.2, -0.15) is 12.6 Å². The molecule has 1 nitrogen and oxygen atoms in total. The third-order valence-electron chi connectivity index (χ3n) is 3.35. The van der Waals surface area contributed by atoms with Crippen LogP contribution in [0.15, 0.2) is 12.1 Å². The molecule has 1 aromatic carbocycles. The second kappa shape index (κ2) is 8.06. The van der Waals surface area contributed by atoms with Crippen molar-refractivity contribution >= 4 is 24.2 Å². The van der Waals surface area contributed by atoms with E-state index in [-0.39, 0.29) is 0 Å². The minimum absolute atomic E-state index is 0.409. The summed E-state index contributed by atoms with van der Waals surface area (Å²) in [5, 5.41) is 0.833. The van der Waals surface area contributed by atoms with Crippen molar-refractivity contribution in [3.63, 3.8) is 0 Å². The molecule has 3 heteroatoms. The van der Waals surface area contributed by atoms with Crippen LogP contribution in [0.25, 0.3) is 0 Å². The number of halogens is 1. The van der Waals surface area contributed by atoms with Gasteiger partial charge in [0.15, 0.2) is 0 Å². The van der Waals surface area contributed by atoms with Crippen molar-refractivity contribution in [1.82, 2.24) is 0 Å². The largest absolute Gasteiger partial charge is 0.493 e. The Bertz CT molecular complexity index is 404. The fraction of sp³-hybridized carbons (Fsp3) is 0.625. The number of ether oxygens (including phenoxy) is 1. The predicted octanol–water partition coefficient (Wildman–Crippen LogP) is 5.50. The molecule has 0 aliphatic heterocycles. The molecule has 0 radical (unpaired) electrons. The van der Waals surface area contributed by atoms with Gasteiger partial charge in [-0.25, -0.2) is 0 Å². The molecule has 0 heterocycles. The number of thiol groups is 1. The van der Waals surface area contributed by atoms with Crippen LogP contribution < -0.4 is 4.74 Å². The number of aryl methyl sites for hydroxylation is 1. The highest BCUT2D eigenvalue weighted by Crippen LogP contribution is 2.31. The maximum Gasteiger partial charge on any atom is 0.122 e. The van der Waals surface area contributed by atoms with Gasteiger partial charge < -0.3 is 4.74 Å². The molecule has 0 aliphatic carbocycles. The van der Waals surface area contributed by atoms with Crippen LogP contribution in [0.5, 0.6) is 5.75 Å². The topological polar surface area (TPSA) is 9.23 Å². The average Bonchev–Trinajstić information content (AvgIpc) is 2.35. The predicted molar refractivity (Wildman–Crippen MR) is 88.0 cm³/mol. The van der Waals surface area contributed by atoms with Gasteiger partial charge in [-0.05, 0) is 48.3 Å². The van der Waals surface area contributed by atoms with Crippen LogP contribution in [0, 0.1) is 12.8 Å². The lowest BCUT2D eigenvalue weighted by Crippen LogP contribution is -2.14. The zero-order valence-corrected chi connectivity index (χ0v) is 14.0. The minimum atomic E-state index is 0.409. The van der Waals surface area contributed by atoms with E-state index in [0.29, 0.717) is 11.8 Å². The van der Waals surface area contributed by atoms with E-state index in [1.54, 1.807) is 0 Å². The molecular weight excluding hydrogens is 276 g/mol. The molecule has 0 fully saturated rings. The van der Waals surface area contributed by atoms with Gasteiger partial charge in [-0.15, -0.1) is 0 Å². The van der Waals surface area contributed by atoms with Gasteiger partial charge >= 0.3 is 0 Å². The van der Waals surface area contributed by atoms with Gasteiger partial charge in [-0.1, -0.05) is 38.8 Å². The lowest BCUT2D eigenvalue weighted by molar-refractivity contribution is 0.253. The summed E-state index contributed by atoms with van der Waals surface area (Å²) in [7, 11) is 0. The first-order valence-corrected chi connectivity index (χ1v) is 8.04. The summed E-state index contributed by atoms with van der Waals surface area (Å²) in [4.78, 5) is 0. The van der Waals surface area contributed by atoms with Crippen LogP contribution in [0.3, 0.4) is 0 Å². The van der Waals surface area contributed by atoms with Gasteiger partial charge in [-0.3, -0.25) is 0 Å². The number of hydrogen-bond donors (Lipinski definition) is 1. The third-order valence-corrected chi connectivity index (χ3v) is 4.19. The molecule has 1 unspecified atom stereocenters. The van der Waals surface area contributed by atoms with Crippen LogP contribution in [-0.2, 0) is 0 Å². The fourth-order valence-electron chi connectivity index (χ4n) is 2.11. The molecule has 0 saturated carbocycles. The second-order valence-electron chi connectivity index (χ2n) is 5.44. The summed E-state index contributed by atoms with van der Waals surface area (Å²) in [6.07, 6.45) is 2.33. The van der Waals surface area contributed by atoms with Crippen molar-refractivity contribution in [2.24, 2.45) is 5.92 Å². The molecule has 0 saturated heterocycles. The van der Waals surface area contributed by atoms with Gasteiger partial charge in [0.1, 0.15) is 5.75 Å². The Kier molecular flexibility index (Phi) is 7.09. The SMILES string of the molecule is CCCC(CS)COc1cc(C(C)C)c(Cl)cc1C. The Hall–Kier alpha value is -0.340. The van der Waals surface area contributed by atoms with Crippen molar-refractivity contribution < 1.29 is 4.74 Å². The van der Waals surface area contributed by atoms with E-state index in [9.17, 15) is 0 Å². The molecule has 0 aliphatic rings. The summed E-state index contributed by atoms with van der Waals surface area (Å²) < 4.78 is 5.98. The van der Waals surface area contributed by atoms with Crippen LogP contribution in [0.1, 0.15) is 50.7 Å². The lowest BCUT2D eigenvalue weighted by Gasteiger charge is -2.18. The van der Waals surface area contributed by atoms with Crippen molar-refractivity contribution in [3.05, 3.63) is 28.3 Å². The zero-order valence-electron chi connectivity index (χ0n) is 12.4. The minimum Gasteiger partial charge on any atom is -0.493 e. The standard InChI is InChI=1S/C16H25ClOS/c1-5-6-13(10-19)9-18-16-8-14(11(2)3)15(17)7-12(16)4/h7-8,11,13,19H,5-6,9-10H2,1-4H3. The van der Waals surface area contributed by atoms with Crippen LogP contribution >= 0.6 is 24.2 Å². The highest BCUT2D eigenvalue weighted by Gasteiger charge is 2.12. The van der Waals surface area contributed by atoms with E-state index in [1.807, 2.05) is 13.0 Å². The maximum absolute atomic E-state index is 6.27. The Morgan fingerprint density at radius 1 is 1.32 bits per heavy atom. The van der Waals surface area contributed by atoms with Gasteiger partial charge in [0.05, 0.1) is 6.61 Å². The van der Waals surface area contributed by atoms with E-state index >= 15 is 0 Å². The molecular formula is C16H25ClOS. The molecule has 0 spiro atoms. The van der Waals surface area contributed by atoms with Gasteiger partial charge in [0, 0.05) is 10.9 Å². The molecule has 1 rings (SSSR count). The summed E-state index contributed by atoms with van der Waals surface area (Å²) in [6, 6.07) is 4.09. The van der Waals surface area contributed by atoms with Crippen molar-refractivity contribution in [2.75, 3.05) is 12.4 Å². The Balaban J connectivity index is 2.80. The molecule has 0 amide bonds. The van der Waals surface area contributed by atoms with E-state index in [4.69, 9.17) is 16.3 Å². The van der Waals surface area contributed by atoms with Gasteiger partial charge in [0.25, 0.3) is 0 Å². The van der Waals surface area contributed by atoms with Crippen molar-refractivity contribution in [3.8, 4) is 5.75 Å². The molecule has 0 bridgehead atoms. The van der Waals surface area contributed by atoms with E-state index in [1.165, 1.54) is 6.42 Å². The Labute approximate surface area is 128 Å². The monoisotopic (exact) mass is 300 g/mol. The molecule has 19 heavy (non-hydrogen) atoms.